The van der Waals surface area contributed by atoms with Gasteiger partial charge >= 0.3 is 0 Å². The van der Waals surface area contributed by atoms with Gasteiger partial charge in [0, 0.05) is 20.1 Å². The van der Waals surface area contributed by atoms with Crippen molar-refractivity contribution in [2.75, 3.05) is 14.2 Å². The summed E-state index contributed by atoms with van der Waals surface area (Å²) in [6.07, 6.45) is 2.52. The number of aryl methyl sites for hydroxylation is 1. The van der Waals surface area contributed by atoms with E-state index in [1.54, 1.807) is 25.1 Å². The number of methoxy groups -OCH3 is 2. The number of aliphatic hydroxyl groups excluding tert-OH is 1. The summed E-state index contributed by atoms with van der Waals surface area (Å²) in [6, 6.07) is 0. The quantitative estimate of drug-likeness (QED) is 0.791. The van der Waals surface area contributed by atoms with Gasteiger partial charge in [0.25, 0.3) is 0 Å². The minimum atomic E-state index is -0.617. The number of hydrogen-bond acceptors (Lipinski definition) is 4. The molecule has 0 spiro atoms. The Bertz CT molecular complexity index is 338. The fourth-order valence-corrected chi connectivity index (χ4v) is 1.78. The number of nitrogens with zero attached hydrogens (tertiary/aromatic N) is 2. The van der Waals surface area contributed by atoms with Crippen LogP contribution in [0.15, 0.2) is 6.20 Å². The first-order valence-corrected chi connectivity index (χ1v) is 5.94. The minimum absolute atomic E-state index is 0.000294. The van der Waals surface area contributed by atoms with E-state index >= 15 is 0 Å². The molecule has 1 heterocycles. The van der Waals surface area contributed by atoms with Gasteiger partial charge in [-0.25, -0.2) is 0 Å². The Morgan fingerprint density at radius 1 is 1.47 bits per heavy atom. The molecule has 0 aliphatic heterocycles. The molecular weight excluding hydrogens is 220 g/mol. The first-order valence-electron chi connectivity index (χ1n) is 5.94. The molecule has 17 heavy (non-hydrogen) atoms. The van der Waals surface area contributed by atoms with Crippen LogP contribution in [0.25, 0.3) is 0 Å². The molecule has 1 rings (SSSR count). The first-order chi connectivity index (χ1) is 8.13. The van der Waals surface area contributed by atoms with Crippen molar-refractivity contribution in [1.82, 2.24) is 9.78 Å². The molecule has 1 N–H and O–H groups in total. The molecule has 1 aromatic rings. The number of aliphatic hydroxyl groups is 1. The molecule has 98 valence electrons. The summed E-state index contributed by atoms with van der Waals surface area (Å²) in [7, 11) is 3.22. The van der Waals surface area contributed by atoms with E-state index in [-0.39, 0.29) is 6.10 Å². The molecule has 1 aromatic heterocycles. The molecule has 0 aliphatic rings. The molecule has 5 nitrogen and oxygen atoms in total. The fraction of sp³-hybridized carbons (Fsp3) is 0.750. The largest absolute Gasteiger partial charge is 0.493 e. The lowest BCUT2D eigenvalue weighted by Gasteiger charge is -2.17. The molecule has 0 amide bonds. The Morgan fingerprint density at radius 3 is 2.71 bits per heavy atom. The van der Waals surface area contributed by atoms with Crippen molar-refractivity contribution in [3.05, 3.63) is 11.9 Å². The van der Waals surface area contributed by atoms with Crippen LogP contribution in [-0.4, -0.2) is 35.2 Å². The van der Waals surface area contributed by atoms with Crippen LogP contribution in [0.5, 0.6) is 5.75 Å². The highest BCUT2D eigenvalue weighted by molar-refractivity contribution is 5.27. The van der Waals surface area contributed by atoms with E-state index in [9.17, 15) is 5.11 Å². The second-order valence-corrected chi connectivity index (χ2v) is 4.12. The van der Waals surface area contributed by atoms with Gasteiger partial charge < -0.3 is 14.6 Å². The molecule has 0 fully saturated rings. The van der Waals surface area contributed by atoms with E-state index in [1.165, 1.54) is 0 Å². The van der Waals surface area contributed by atoms with E-state index in [2.05, 4.69) is 12.0 Å². The van der Waals surface area contributed by atoms with Gasteiger partial charge in [0.2, 0.25) is 0 Å². The summed E-state index contributed by atoms with van der Waals surface area (Å²) in [6.45, 7) is 4.77. The monoisotopic (exact) mass is 242 g/mol. The maximum absolute atomic E-state index is 10.2. The van der Waals surface area contributed by atoms with Crippen molar-refractivity contribution in [3.8, 4) is 5.75 Å². The summed E-state index contributed by atoms with van der Waals surface area (Å²) in [5.41, 5.74) is 0.734. The van der Waals surface area contributed by atoms with Gasteiger partial charge in [0.15, 0.2) is 5.75 Å². The SMILES string of the molecule is CCCn1ncc(OC)c1C(O)CC(C)OC. The predicted molar refractivity (Wildman–Crippen MR) is 65.1 cm³/mol. The lowest BCUT2D eigenvalue weighted by molar-refractivity contribution is 0.0512. The van der Waals surface area contributed by atoms with Gasteiger partial charge in [-0.1, -0.05) is 6.92 Å². The molecule has 0 radical (unpaired) electrons. The smallest absolute Gasteiger partial charge is 0.162 e. The maximum atomic E-state index is 10.2. The van der Waals surface area contributed by atoms with E-state index in [1.807, 2.05) is 6.92 Å². The molecule has 0 bridgehead atoms. The van der Waals surface area contributed by atoms with E-state index < -0.39 is 6.10 Å². The van der Waals surface area contributed by atoms with Crippen LogP contribution in [0.3, 0.4) is 0 Å². The molecule has 5 heteroatoms. The third kappa shape index (κ3) is 3.44. The van der Waals surface area contributed by atoms with Crippen molar-refractivity contribution in [2.45, 2.75) is 45.4 Å². The van der Waals surface area contributed by atoms with Crippen LogP contribution in [-0.2, 0) is 11.3 Å². The highest BCUT2D eigenvalue weighted by Gasteiger charge is 2.21. The zero-order chi connectivity index (χ0) is 12.8. The Labute approximate surface area is 102 Å². The molecule has 0 saturated heterocycles. The molecule has 0 aromatic carbocycles. The Hall–Kier alpha value is -1.07. The Balaban J connectivity index is 2.88. The van der Waals surface area contributed by atoms with Crippen LogP contribution in [0.4, 0.5) is 0 Å². The number of aromatic nitrogens is 2. The number of ether oxygens (including phenoxy) is 2. The Kier molecular flexibility index (Phi) is 5.44. The van der Waals surface area contributed by atoms with Crippen molar-refractivity contribution in [2.24, 2.45) is 0 Å². The normalized spacial score (nSPS) is 14.6. The van der Waals surface area contributed by atoms with Gasteiger partial charge in [-0.05, 0) is 13.3 Å². The first kappa shape index (κ1) is 14.0. The van der Waals surface area contributed by atoms with Crippen LogP contribution < -0.4 is 4.74 Å². The van der Waals surface area contributed by atoms with Crippen molar-refractivity contribution >= 4 is 0 Å². The highest BCUT2D eigenvalue weighted by Crippen LogP contribution is 2.28. The summed E-state index contributed by atoms with van der Waals surface area (Å²) in [4.78, 5) is 0. The van der Waals surface area contributed by atoms with Crippen LogP contribution in [0, 0.1) is 0 Å². The summed E-state index contributed by atoms with van der Waals surface area (Å²) in [5.74, 6) is 0.634. The maximum Gasteiger partial charge on any atom is 0.162 e. The zero-order valence-corrected chi connectivity index (χ0v) is 11.0. The molecule has 0 aliphatic carbocycles. The van der Waals surface area contributed by atoms with Crippen LogP contribution in [0.2, 0.25) is 0 Å². The predicted octanol–water partition coefficient (Wildman–Crippen LogP) is 1.76. The van der Waals surface area contributed by atoms with Gasteiger partial charge in [-0.3, -0.25) is 4.68 Å². The van der Waals surface area contributed by atoms with Gasteiger partial charge in [0.1, 0.15) is 11.8 Å². The van der Waals surface area contributed by atoms with Crippen molar-refractivity contribution in [1.29, 1.82) is 0 Å². The molecule has 2 atom stereocenters. The van der Waals surface area contributed by atoms with E-state index in [0.29, 0.717) is 12.2 Å². The lowest BCUT2D eigenvalue weighted by Crippen LogP contribution is -2.15. The molecule has 0 saturated carbocycles. The average Bonchev–Trinajstić information content (AvgIpc) is 2.72. The van der Waals surface area contributed by atoms with E-state index in [4.69, 9.17) is 9.47 Å². The summed E-state index contributed by atoms with van der Waals surface area (Å²) in [5, 5.41) is 14.4. The van der Waals surface area contributed by atoms with Crippen molar-refractivity contribution < 1.29 is 14.6 Å². The average molecular weight is 242 g/mol. The summed E-state index contributed by atoms with van der Waals surface area (Å²) < 4.78 is 12.2. The Morgan fingerprint density at radius 2 is 2.18 bits per heavy atom. The summed E-state index contributed by atoms with van der Waals surface area (Å²) >= 11 is 0. The second kappa shape index (κ2) is 6.61. The zero-order valence-electron chi connectivity index (χ0n) is 11.0. The third-order valence-electron chi connectivity index (χ3n) is 2.77. The van der Waals surface area contributed by atoms with Gasteiger partial charge in [-0.2, -0.15) is 5.10 Å². The minimum Gasteiger partial charge on any atom is -0.493 e. The fourth-order valence-electron chi connectivity index (χ4n) is 1.78. The highest BCUT2D eigenvalue weighted by atomic mass is 16.5. The van der Waals surface area contributed by atoms with E-state index in [0.717, 1.165) is 18.7 Å². The molecular formula is C12H22N2O3. The van der Waals surface area contributed by atoms with Crippen LogP contribution in [0.1, 0.15) is 38.5 Å². The molecule has 2 unspecified atom stereocenters. The number of rotatable bonds is 7. The van der Waals surface area contributed by atoms with Gasteiger partial charge in [-0.15, -0.1) is 0 Å². The van der Waals surface area contributed by atoms with Gasteiger partial charge in [0.05, 0.1) is 19.4 Å². The topological polar surface area (TPSA) is 56.5 Å². The third-order valence-corrected chi connectivity index (χ3v) is 2.77. The number of hydrogen-bond donors (Lipinski definition) is 1. The van der Waals surface area contributed by atoms with Crippen molar-refractivity contribution in [3.63, 3.8) is 0 Å². The lowest BCUT2D eigenvalue weighted by atomic mass is 10.1. The van der Waals surface area contributed by atoms with Crippen LogP contribution >= 0.6 is 0 Å². The second-order valence-electron chi connectivity index (χ2n) is 4.12. The standard InChI is InChI=1S/C12H22N2O3/c1-5-6-14-12(11(17-4)8-13-14)10(15)7-9(2)16-3/h8-10,15H,5-7H2,1-4H3.